The van der Waals surface area contributed by atoms with E-state index in [4.69, 9.17) is 0 Å². The molecule has 1 fully saturated rings. The van der Waals surface area contributed by atoms with Crippen LogP contribution in [-0.4, -0.2) is 37.6 Å². The summed E-state index contributed by atoms with van der Waals surface area (Å²) in [5.74, 6) is 0.429. The van der Waals surface area contributed by atoms with E-state index in [1.54, 1.807) is 4.90 Å². The molecule has 1 aliphatic rings. The fraction of sp³-hybridized carbons (Fsp3) is 0.350. The molecule has 138 valence electrons. The molecular weight excluding hydrogens is 366 g/mol. The fourth-order valence-corrected chi connectivity index (χ4v) is 5.87. The molecule has 0 radical (unpaired) electrons. The molecule has 1 amide bonds. The van der Waals surface area contributed by atoms with Crippen molar-refractivity contribution in [3.63, 3.8) is 0 Å². The Morgan fingerprint density at radius 2 is 1.88 bits per heavy atom. The van der Waals surface area contributed by atoms with Gasteiger partial charge in [0, 0.05) is 10.6 Å². The zero-order valence-electron chi connectivity index (χ0n) is 15.0. The minimum absolute atomic E-state index is 0.0435. The molecule has 3 rings (SSSR count). The Hall–Kier alpha value is -1.79. The SMILES string of the molecule is Cc1ccc(SCC(=O)N(c2ccccc2)[C@@H]2CCS(=O)(=O)C2)c(C)c1. The quantitative estimate of drug-likeness (QED) is 0.733. The number of rotatable bonds is 5. The number of carbonyl (C=O) groups excluding carboxylic acids is 1. The molecule has 1 heterocycles. The lowest BCUT2D eigenvalue weighted by molar-refractivity contribution is -0.116. The molecule has 0 spiro atoms. The van der Waals surface area contributed by atoms with Crippen LogP contribution < -0.4 is 4.90 Å². The van der Waals surface area contributed by atoms with E-state index in [9.17, 15) is 13.2 Å². The Morgan fingerprint density at radius 3 is 2.50 bits per heavy atom. The zero-order valence-corrected chi connectivity index (χ0v) is 16.6. The fourth-order valence-electron chi connectivity index (χ4n) is 3.30. The lowest BCUT2D eigenvalue weighted by atomic mass is 10.2. The first-order valence-electron chi connectivity index (χ1n) is 8.63. The van der Waals surface area contributed by atoms with Gasteiger partial charge in [-0.25, -0.2) is 8.42 Å². The van der Waals surface area contributed by atoms with E-state index in [2.05, 4.69) is 6.07 Å². The van der Waals surface area contributed by atoms with Gasteiger partial charge in [0.1, 0.15) is 0 Å². The Morgan fingerprint density at radius 1 is 1.15 bits per heavy atom. The summed E-state index contributed by atoms with van der Waals surface area (Å²) in [6.07, 6.45) is 0.497. The summed E-state index contributed by atoms with van der Waals surface area (Å²) in [6.45, 7) is 4.09. The van der Waals surface area contributed by atoms with Crippen LogP contribution >= 0.6 is 11.8 Å². The van der Waals surface area contributed by atoms with E-state index in [0.717, 1.165) is 16.1 Å². The Bertz CT molecular complexity index is 895. The number of sulfone groups is 1. The first-order chi connectivity index (χ1) is 12.4. The van der Waals surface area contributed by atoms with Crippen LogP contribution in [0.25, 0.3) is 0 Å². The molecule has 0 bridgehead atoms. The maximum atomic E-state index is 13.0. The van der Waals surface area contributed by atoms with Gasteiger partial charge in [-0.2, -0.15) is 0 Å². The van der Waals surface area contributed by atoms with Gasteiger partial charge in [0.25, 0.3) is 0 Å². The second-order valence-electron chi connectivity index (χ2n) is 6.71. The van der Waals surface area contributed by atoms with Gasteiger partial charge in [0.15, 0.2) is 9.84 Å². The van der Waals surface area contributed by atoms with Gasteiger partial charge in [-0.05, 0) is 44.0 Å². The van der Waals surface area contributed by atoms with Crippen LogP contribution in [0, 0.1) is 13.8 Å². The van der Waals surface area contributed by atoms with Crippen molar-refractivity contribution in [1.82, 2.24) is 0 Å². The zero-order chi connectivity index (χ0) is 18.7. The molecule has 0 N–H and O–H groups in total. The number of para-hydroxylation sites is 1. The van der Waals surface area contributed by atoms with E-state index in [-0.39, 0.29) is 29.2 Å². The highest BCUT2D eigenvalue weighted by atomic mass is 32.2. The van der Waals surface area contributed by atoms with E-state index in [1.807, 2.05) is 56.3 Å². The van der Waals surface area contributed by atoms with Crippen molar-refractivity contribution in [1.29, 1.82) is 0 Å². The second kappa shape index (κ2) is 7.84. The van der Waals surface area contributed by atoms with Crippen LogP contribution in [0.1, 0.15) is 17.5 Å². The predicted octanol–water partition coefficient (Wildman–Crippen LogP) is 3.62. The maximum absolute atomic E-state index is 13.0. The largest absolute Gasteiger partial charge is 0.308 e. The van der Waals surface area contributed by atoms with Gasteiger partial charge in [-0.1, -0.05) is 35.9 Å². The van der Waals surface area contributed by atoms with E-state index in [1.165, 1.54) is 17.3 Å². The third-order valence-electron chi connectivity index (χ3n) is 4.56. The first-order valence-corrected chi connectivity index (χ1v) is 11.4. The summed E-state index contributed by atoms with van der Waals surface area (Å²) >= 11 is 1.50. The minimum Gasteiger partial charge on any atom is -0.308 e. The second-order valence-corrected chi connectivity index (χ2v) is 9.96. The topological polar surface area (TPSA) is 54.5 Å². The van der Waals surface area contributed by atoms with Crippen molar-refractivity contribution in [2.45, 2.75) is 31.2 Å². The summed E-state index contributed by atoms with van der Waals surface area (Å²) in [7, 11) is -3.06. The van der Waals surface area contributed by atoms with E-state index in [0.29, 0.717) is 6.42 Å². The van der Waals surface area contributed by atoms with Crippen molar-refractivity contribution in [2.24, 2.45) is 0 Å². The Labute approximate surface area is 159 Å². The standard InChI is InChI=1S/C20H23NO3S2/c1-15-8-9-19(16(2)12-15)25-13-20(22)21(17-6-4-3-5-7-17)18-10-11-26(23,24)14-18/h3-9,12,18H,10-11,13-14H2,1-2H3/t18-/m1/s1. The number of hydrogen-bond acceptors (Lipinski definition) is 4. The molecule has 0 unspecified atom stereocenters. The summed E-state index contributed by atoms with van der Waals surface area (Å²) in [4.78, 5) is 15.8. The van der Waals surface area contributed by atoms with Gasteiger partial charge in [-0.15, -0.1) is 11.8 Å². The Kier molecular flexibility index (Phi) is 5.73. The number of benzene rings is 2. The van der Waals surface area contributed by atoms with Gasteiger partial charge < -0.3 is 4.90 Å². The van der Waals surface area contributed by atoms with Gasteiger partial charge in [-0.3, -0.25) is 4.79 Å². The molecule has 2 aromatic rings. The maximum Gasteiger partial charge on any atom is 0.237 e. The molecule has 0 aromatic heterocycles. The number of hydrogen-bond donors (Lipinski definition) is 0. The normalized spacial score (nSPS) is 18.6. The highest BCUT2D eigenvalue weighted by molar-refractivity contribution is 8.00. The average Bonchev–Trinajstić information content (AvgIpc) is 2.95. The smallest absolute Gasteiger partial charge is 0.237 e. The van der Waals surface area contributed by atoms with Crippen LogP contribution in [0.4, 0.5) is 5.69 Å². The lowest BCUT2D eigenvalue weighted by Gasteiger charge is -2.28. The molecule has 1 atom stereocenters. The number of carbonyl (C=O) groups is 1. The molecule has 0 saturated carbocycles. The lowest BCUT2D eigenvalue weighted by Crippen LogP contribution is -2.42. The number of aryl methyl sites for hydroxylation is 2. The van der Waals surface area contributed by atoms with Crippen molar-refractivity contribution in [3.8, 4) is 0 Å². The van der Waals surface area contributed by atoms with Gasteiger partial charge in [0.2, 0.25) is 5.91 Å². The minimum atomic E-state index is -3.06. The highest BCUT2D eigenvalue weighted by Gasteiger charge is 2.35. The van der Waals surface area contributed by atoms with Crippen LogP contribution in [0.15, 0.2) is 53.4 Å². The van der Waals surface area contributed by atoms with Crippen molar-refractivity contribution in [3.05, 3.63) is 59.7 Å². The number of thioether (sulfide) groups is 1. The highest BCUT2D eigenvalue weighted by Crippen LogP contribution is 2.28. The summed E-state index contributed by atoms with van der Waals surface area (Å²) in [5.41, 5.74) is 3.11. The third kappa shape index (κ3) is 4.48. The van der Waals surface area contributed by atoms with Crippen molar-refractivity contribution < 1.29 is 13.2 Å². The van der Waals surface area contributed by atoms with Gasteiger partial charge >= 0.3 is 0 Å². The van der Waals surface area contributed by atoms with Crippen LogP contribution in [-0.2, 0) is 14.6 Å². The van der Waals surface area contributed by atoms with E-state index < -0.39 is 9.84 Å². The monoisotopic (exact) mass is 389 g/mol. The summed E-state index contributed by atoms with van der Waals surface area (Å²) in [6, 6.07) is 15.3. The van der Waals surface area contributed by atoms with Crippen LogP contribution in [0.2, 0.25) is 0 Å². The third-order valence-corrected chi connectivity index (χ3v) is 7.47. The molecule has 2 aromatic carbocycles. The number of amides is 1. The summed E-state index contributed by atoms with van der Waals surface area (Å²) in [5, 5.41) is 0. The number of nitrogens with zero attached hydrogens (tertiary/aromatic N) is 1. The first kappa shape index (κ1) is 19.0. The molecule has 26 heavy (non-hydrogen) atoms. The van der Waals surface area contributed by atoms with Gasteiger partial charge in [0.05, 0.1) is 23.3 Å². The Balaban J connectivity index is 1.79. The van der Waals surface area contributed by atoms with Crippen LogP contribution in [0.3, 0.4) is 0 Å². The molecule has 1 aliphatic heterocycles. The predicted molar refractivity (Wildman–Crippen MR) is 108 cm³/mol. The molecule has 4 nitrogen and oxygen atoms in total. The van der Waals surface area contributed by atoms with E-state index >= 15 is 0 Å². The van der Waals surface area contributed by atoms with Crippen molar-refractivity contribution >= 4 is 33.2 Å². The van der Waals surface area contributed by atoms with Crippen molar-refractivity contribution in [2.75, 3.05) is 22.2 Å². The molecule has 1 saturated heterocycles. The molecular formula is C20H23NO3S2. The van der Waals surface area contributed by atoms with Crippen LogP contribution in [0.5, 0.6) is 0 Å². The number of anilines is 1. The average molecular weight is 390 g/mol. The molecule has 0 aliphatic carbocycles. The molecule has 6 heteroatoms. The summed E-state index contributed by atoms with van der Waals surface area (Å²) < 4.78 is 23.8.